The third-order valence-electron chi connectivity index (χ3n) is 7.59. The van der Waals surface area contributed by atoms with Crippen LogP contribution in [0.4, 0.5) is 0 Å². The lowest BCUT2D eigenvalue weighted by molar-refractivity contribution is 0.233. The third-order valence-corrected chi connectivity index (χ3v) is 11.5. The number of rotatable bonds is 18. The topological polar surface area (TPSA) is 134 Å². The maximum Gasteiger partial charge on any atom is 0.647 e. The molecule has 0 spiro atoms. The maximum absolute atomic E-state index is 14.3. The minimum atomic E-state index is -4.42. The predicted octanol–water partition coefficient (Wildman–Crippen LogP) is 12.8. The summed E-state index contributed by atoms with van der Waals surface area (Å²) in [6, 6.07) is 48.2. The lowest BCUT2D eigenvalue weighted by Crippen LogP contribution is -2.09. The first-order valence-electron chi connectivity index (χ1n) is 17.5. The van der Waals surface area contributed by atoms with Crippen molar-refractivity contribution in [1.29, 1.82) is 0 Å². The molecule has 1 atom stereocenters. The number of phosphoric ester groups is 3. The molecular weight excluding hydrogens is 789 g/mol. The zero-order valence-corrected chi connectivity index (χ0v) is 32.7. The van der Waals surface area contributed by atoms with Crippen LogP contribution in [0.2, 0.25) is 0 Å². The molecule has 0 bridgehead atoms. The Labute approximate surface area is 329 Å². The minimum absolute atomic E-state index is 0.0810. The van der Waals surface area contributed by atoms with Gasteiger partial charge in [-0.25, -0.2) is 0 Å². The van der Waals surface area contributed by atoms with Crippen molar-refractivity contribution < 1.29 is 54.4 Å². The van der Waals surface area contributed by atoms with Gasteiger partial charge in [0, 0.05) is 12.8 Å². The smallest absolute Gasteiger partial charge is 0.390 e. The summed E-state index contributed by atoms with van der Waals surface area (Å²) in [6.07, 6.45) is 3.37. The molecule has 15 heteroatoms. The molecule has 57 heavy (non-hydrogen) atoms. The van der Waals surface area contributed by atoms with E-state index in [1.54, 1.807) is 152 Å². The first kappa shape index (κ1) is 38.9. The Morgan fingerprint density at radius 1 is 0.263 bits per heavy atom. The fourth-order valence-electron chi connectivity index (χ4n) is 5.08. The molecule has 0 saturated carbocycles. The van der Waals surface area contributed by atoms with Crippen molar-refractivity contribution in [3.63, 3.8) is 0 Å². The van der Waals surface area contributed by atoms with Crippen LogP contribution in [-0.2, 0) is 22.7 Å². The van der Waals surface area contributed by atoms with E-state index in [1.165, 1.54) is 36.4 Å². The molecule has 12 nitrogen and oxygen atoms in total. The lowest BCUT2D eigenvalue weighted by Gasteiger charge is -2.24. The molecule has 0 saturated heterocycles. The van der Waals surface area contributed by atoms with Gasteiger partial charge in [0.25, 0.3) is 0 Å². The van der Waals surface area contributed by atoms with E-state index < -0.39 is 23.5 Å². The van der Waals surface area contributed by atoms with Crippen LogP contribution in [0.25, 0.3) is 0 Å². The normalized spacial score (nSPS) is 13.7. The number of allylic oxidation sites excluding steroid dienone is 4. The monoisotopic (exact) mass is 824 g/mol. The highest BCUT2D eigenvalue weighted by atomic mass is 31.2. The fraction of sp³-hybridized carbons (Fsp3) is 0.0476. The first-order valence-corrected chi connectivity index (χ1v) is 21.9. The van der Waals surface area contributed by atoms with Crippen molar-refractivity contribution in [3.8, 4) is 40.2 Å². The van der Waals surface area contributed by atoms with E-state index in [4.69, 9.17) is 40.7 Å². The van der Waals surface area contributed by atoms with Gasteiger partial charge in [0.05, 0.1) is 0 Å². The Morgan fingerprint density at radius 2 is 0.456 bits per heavy atom. The van der Waals surface area contributed by atoms with E-state index in [1.807, 2.05) is 0 Å². The van der Waals surface area contributed by atoms with Crippen molar-refractivity contribution in [2.24, 2.45) is 0 Å². The number of hydrogen-bond donors (Lipinski definition) is 0. The molecule has 0 heterocycles. The molecule has 6 aromatic rings. The van der Waals surface area contributed by atoms with Gasteiger partial charge in [0.15, 0.2) is 0 Å². The quantitative estimate of drug-likeness (QED) is 0.0763. The molecular formula is C42H35O12P3. The third kappa shape index (κ3) is 11.6. The van der Waals surface area contributed by atoms with Crippen LogP contribution in [0, 0.1) is 0 Å². The average molecular weight is 825 g/mol. The number of phosphoric acid groups is 3. The molecule has 290 valence electrons. The van der Waals surface area contributed by atoms with Gasteiger partial charge in [-0.15, -0.1) is 0 Å². The van der Waals surface area contributed by atoms with Gasteiger partial charge in [0.1, 0.15) is 51.8 Å². The summed E-state index contributed by atoms with van der Waals surface area (Å²) in [7, 11) is -12.9. The molecule has 1 aliphatic rings. The van der Waals surface area contributed by atoms with Crippen molar-refractivity contribution in [1.82, 2.24) is 0 Å². The van der Waals surface area contributed by atoms with E-state index in [0.29, 0.717) is 11.5 Å². The summed E-state index contributed by atoms with van der Waals surface area (Å²) in [5.41, 5.74) is 0. The number of hydrogen-bond acceptors (Lipinski definition) is 12. The number of benzene rings is 6. The molecule has 7 rings (SSSR count). The van der Waals surface area contributed by atoms with Crippen molar-refractivity contribution in [3.05, 3.63) is 200 Å². The Morgan fingerprint density at radius 3 is 0.667 bits per heavy atom. The number of para-hydroxylation sites is 5. The van der Waals surface area contributed by atoms with Crippen molar-refractivity contribution in [2.45, 2.75) is 12.8 Å². The Balaban J connectivity index is 1.07. The zero-order chi connectivity index (χ0) is 39.4. The van der Waals surface area contributed by atoms with Crippen LogP contribution >= 0.6 is 23.5 Å². The van der Waals surface area contributed by atoms with Gasteiger partial charge in [-0.3, -0.25) is 0 Å². The largest absolute Gasteiger partial charge is 0.647 e. The minimum Gasteiger partial charge on any atom is -0.390 e. The summed E-state index contributed by atoms with van der Waals surface area (Å²) in [4.78, 5) is 0. The zero-order valence-electron chi connectivity index (χ0n) is 30.1. The van der Waals surface area contributed by atoms with Crippen LogP contribution in [0.3, 0.4) is 0 Å². The first-order chi connectivity index (χ1) is 27.7. The maximum atomic E-state index is 14.3. The van der Waals surface area contributed by atoms with Crippen LogP contribution in [-0.4, -0.2) is 0 Å². The summed E-state index contributed by atoms with van der Waals surface area (Å²) in [5.74, 6) is 2.05. The summed E-state index contributed by atoms with van der Waals surface area (Å²) >= 11 is 0. The molecule has 0 fully saturated rings. The van der Waals surface area contributed by atoms with E-state index >= 15 is 0 Å². The van der Waals surface area contributed by atoms with Crippen LogP contribution < -0.4 is 31.7 Å². The van der Waals surface area contributed by atoms with Gasteiger partial charge in [0.2, 0.25) is 0 Å². The van der Waals surface area contributed by atoms with Crippen molar-refractivity contribution >= 4 is 23.5 Å². The highest BCUT2D eigenvalue weighted by Gasteiger charge is 2.38. The molecule has 0 amide bonds. The second-order valence-corrected chi connectivity index (χ2v) is 16.3. The van der Waals surface area contributed by atoms with Gasteiger partial charge in [-0.05, 0) is 97.1 Å². The SMILES string of the molecule is O=P(OC1=CC=C(OP(=O)(Oc2ccccc2)Oc2ccc(OP(=O)(Oc3ccccc3)Oc3ccccc3)cc2)CC1)(Oc1ccccc1)Oc1ccccc1. The summed E-state index contributed by atoms with van der Waals surface area (Å²) < 4.78 is 94.2. The van der Waals surface area contributed by atoms with Gasteiger partial charge < -0.3 is 40.7 Å². The van der Waals surface area contributed by atoms with Gasteiger partial charge in [-0.1, -0.05) is 91.0 Å². The molecule has 0 radical (unpaired) electrons. The second kappa shape index (κ2) is 18.1. The summed E-state index contributed by atoms with van der Waals surface area (Å²) in [6.45, 7) is 0. The lowest BCUT2D eigenvalue weighted by atomic mass is 10.1. The van der Waals surface area contributed by atoms with Gasteiger partial charge >= 0.3 is 23.5 Å². The molecule has 0 N–H and O–H groups in total. The van der Waals surface area contributed by atoms with Crippen LogP contribution in [0.1, 0.15) is 12.8 Å². The van der Waals surface area contributed by atoms with Gasteiger partial charge in [-0.2, -0.15) is 13.7 Å². The van der Waals surface area contributed by atoms with Crippen LogP contribution in [0.15, 0.2) is 200 Å². The predicted molar refractivity (Wildman–Crippen MR) is 213 cm³/mol. The van der Waals surface area contributed by atoms with E-state index in [0.717, 1.165) is 0 Å². The molecule has 0 aromatic heterocycles. The van der Waals surface area contributed by atoms with E-state index in [9.17, 15) is 13.7 Å². The highest BCUT2D eigenvalue weighted by molar-refractivity contribution is 7.50. The average Bonchev–Trinajstić information content (AvgIpc) is 3.21. The fourth-order valence-corrected chi connectivity index (χ4v) is 8.95. The van der Waals surface area contributed by atoms with E-state index in [-0.39, 0.29) is 53.1 Å². The Bertz CT molecular complexity index is 2320. The van der Waals surface area contributed by atoms with E-state index in [2.05, 4.69) is 0 Å². The Kier molecular flexibility index (Phi) is 12.4. The Hall–Kier alpha value is -6.31. The second-order valence-electron chi connectivity index (χ2n) is 12.0. The highest BCUT2D eigenvalue weighted by Crippen LogP contribution is 2.55. The standard InChI is InChI=1S/C42H35O12P3/c43-55(46-34-16-6-1-7-17-34,47-35-18-8-2-9-19-35)51-39-26-30-41(31-27-39)53-57(45,50-38-24-14-5-15-25-38)54-42-32-28-40(29-33-42)52-56(44,48-36-20-10-3-11-21-36)49-37-22-12-4-13-23-37/h1-28,30-32H,29,33H2. The molecule has 6 aromatic carbocycles. The summed E-state index contributed by atoms with van der Waals surface area (Å²) in [5, 5.41) is 0. The molecule has 1 aliphatic carbocycles. The molecule has 1 unspecified atom stereocenters. The molecule has 0 aliphatic heterocycles. The van der Waals surface area contributed by atoms with Crippen molar-refractivity contribution in [2.75, 3.05) is 0 Å². The van der Waals surface area contributed by atoms with Crippen LogP contribution in [0.5, 0.6) is 40.2 Å².